The standard InChI is InChI=1S/C11H12BrCl2NO2S/c12-8-3-4-11(9(13)5-8)18(16,17)15-6-10(14)7-1-2-7/h3-5,7,10,15H,1-2,6H2. The fraction of sp³-hybridized carbons (Fsp3) is 0.455. The van der Waals surface area contributed by atoms with Gasteiger partial charge in [-0.3, -0.25) is 0 Å². The van der Waals surface area contributed by atoms with Gasteiger partial charge >= 0.3 is 0 Å². The van der Waals surface area contributed by atoms with Gasteiger partial charge in [0.15, 0.2) is 0 Å². The lowest BCUT2D eigenvalue weighted by atomic mass is 10.3. The van der Waals surface area contributed by atoms with Crippen LogP contribution in [0.5, 0.6) is 0 Å². The van der Waals surface area contributed by atoms with E-state index in [0.29, 0.717) is 5.92 Å². The van der Waals surface area contributed by atoms with E-state index in [1.165, 1.54) is 6.07 Å². The predicted molar refractivity (Wildman–Crippen MR) is 76.7 cm³/mol. The van der Waals surface area contributed by atoms with Crippen LogP contribution >= 0.6 is 39.1 Å². The molecule has 1 fully saturated rings. The van der Waals surface area contributed by atoms with Gasteiger partial charge in [-0.25, -0.2) is 13.1 Å². The Bertz CT molecular complexity index is 546. The van der Waals surface area contributed by atoms with E-state index in [1.807, 2.05) is 0 Å². The van der Waals surface area contributed by atoms with Gasteiger partial charge < -0.3 is 0 Å². The molecule has 3 nitrogen and oxygen atoms in total. The first-order valence-corrected chi connectivity index (χ1v) is 8.58. The molecular weight excluding hydrogens is 361 g/mol. The highest BCUT2D eigenvalue weighted by atomic mass is 79.9. The van der Waals surface area contributed by atoms with E-state index in [-0.39, 0.29) is 21.8 Å². The zero-order valence-electron chi connectivity index (χ0n) is 9.37. The van der Waals surface area contributed by atoms with Gasteiger partial charge in [-0.2, -0.15) is 0 Å². The van der Waals surface area contributed by atoms with Gasteiger partial charge in [-0.05, 0) is 37.0 Å². The summed E-state index contributed by atoms with van der Waals surface area (Å²) in [5.41, 5.74) is 0. The van der Waals surface area contributed by atoms with Crippen molar-refractivity contribution in [2.75, 3.05) is 6.54 Å². The molecule has 0 aromatic heterocycles. The monoisotopic (exact) mass is 371 g/mol. The molecule has 1 N–H and O–H groups in total. The summed E-state index contributed by atoms with van der Waals surface area (Å²) in [7, 11) is -3.60. The third-order valence-electron chi connectivity index (χ3n) is 2.79. The number of rotatable bonds is 5. The van der Waals surface area contributed by atoms with Gasteiger partial charge in [0.05, 0.1) is 5.02 Å². The Labute approximate surface area is 125 Å². The first-order valence-electron chi connectivity index (χ1n) is 5.49. The van der Waals surface area contributed by atoms with Crippen LogP contribution in [0.25, 0.3) is 0 Å². The van der Waals surface area contributed by atoms with E-state index in [9.17, 15) is 8.42 Å². The molecule has 1 unspecified atom stereocenters. The summed E-state index contributed by atoms with van der Waals surface area (Å²) < 4.78 is 27.3. The van der Waals surface area contributed by atoms with Crippen molar-refractivity contribution in [3.05, 3.63) is 27.7 Å². The third-order valence-corrected chi connectivity index (χ3v) is 5.70. The van der Waals surface area contributed by atoms with Gasteiger partial charge in [0, 0.05) is 16.4 Å². The van der Waals surface area contributed by atoms with Crippen molar-refractivity contribution in [3.8, 4) is 0 Å². The second kappa shape index (κ2) is 5.67. The van der Waals surface area contributed by atoms with Gasteiger partial charge in [-0.15, -0.1) is 11.6 Å². The Morgan fingerprint density at radius 3 is 2.67 bits per heavy atom. The van der Waals surface area contributed by atoms with E-state index in [0.717, 1.165) is 17.3 Å². The molecule has 0 spiro atoms. The van der Waals surface area contributed by atoms with E-state index >= 15 is 0 Å². The summed E-state index contributed by atoms with van der Waals surface area (Å²) in [4.78, 5) is 0.0760. The van der Waals surface area contributed by atoms with Crippen molar-refractivity contribution >= 4 is 49.2 Å². The molecule has 0 heterocycles. The maximum Gasteiger partial charge on any atom is 0.242 e. The molecule has 18 heavy (non-hydrogen) atoms. The molecule has 7 heteroatoms. The number of halogens is 3. The second-order valence-electron chi connectivity index (χ2n) is 4.28. The van der Waals surface area contributed by atoms with E-state index in [1.54, 1.807) is 12.1 Å². The average molecular weight is 373 g/mol. The summed E-state index contributed by atoms with van der Waals surface area (Å²) in [5, 5.41) is 0.0448. The summed E-state index contributed by atoms with van der Waals surface area (Å²) in [6, 6.07) is 4.66. The second-order valence-corrected chi connectivity index (χ2v) is 7.90. The smallest absolute Gasteiger partial charge is 0.210 e. The minimum absolute atomic E-state index is 0.0760. The molecule has 0 radical (unpaired) electrons. The van der Waals surface area contributed by atoms with Crippen LogP contribution < -0.4 is 4.72 Å². The highest BCUT2D eigenvalue weighted by Gasteiger charge is 2.30. The third kappa shape index (κ3) is 3.61. The SMILES string of the molecule is O=S(=O)(NCC(Cl)C1CC1)c1ccc(Br)cc1Cl. The topological polar surface area (TPSA) is 46.2 Å². The van der Waals surface area contributed by atoms with Gasteiger partial charge in [0.25, 0.3) is 0 Å². The summed E-state index contributed by atoms with van der Waals surface area (Å²) in [6.45, 7) is 0.237. The van der Waals surface area contributed by atoms with Crippen molar-refractivity contribution in [2.45, 2.75) is 23.1 Å². The van der Waals surface area contributed by atoms with Crippen LogP contribution in [0.4, 0.5) is 0 Å². The zero-order chi connectivity index (χ0) is 13.3. The first-order chi connectivity index (χ1) is 8.40. The van der Waals surface area contributed by atoms with Crippen LogP contribution in [0.15, 0.2) is 27.6 Å². The summed E-state index contributed by atoms with van der Waals surface area (Å²) in [5.74, 6) is 0.440. The van der Waals surface area contributed by atoms with Gasteiger partial charge in [0.2, 0.25) is 10.0 Å². The number of benzene rings is 1. The molecule has 1 saturated carbocycles. The number of hydrogen-bond donors (Lipinski definition) is 1. The Hall–Kier alpha value is 0.190. The normalized spacial score (nSPS) is 17.7. The number of sulfonamides is 1. The summed E-state index contributed by atoms with van der Waals surface area (Å²) >= 11 is 15.2. The van der Waals surface area contributed by atoms with E-state index in [2.05, 4.69) is 20.7 Å². The van der Waals surface area contributed by atoms with Crippen LogP contribution in [-0.2, 0) is 10.0 Å². The first kappa shape index (κ1) is 14.6. The molecule has 0 amide bonds. The van der Waals surface area contributed by atoms with Crippen molar-refractivity contribution in [1.29, 1.82) is 0 Å². The Morgan fingerprint density at radius 2 is 2.11 bits per heavy atom. The van der Waals surface area contributed by atoms with E-state index < -0.39 is 10.0 Å². The van der Waals surface area contributed by atoms with Crippen molar-refractivity contribution in [1.82, 2.24) is 4.72 Å². The van der Waals surface area contributed by atoms with E-state index in [4.69, 9.17) is 23.2 Å². The highest BCUT2D eigenvalue weighted by molar-refractivity contribution is 9.10. The summed E-state index contributed by atoms with van der Waals surface area (Å²) in [6.07, 6.45) is 2.16. The largest absolute Gasteiger partial charge is 0.242 e. The zero-order valence-corrected chi connectivity index (χ0v) is 13.3. The molecule has 0 bridgehead atoms. The Balaban J connectivity index is 2.09. The minimum atomic E-state index is -3.60. The molecule has 2 rings (SSSR count). The van der Waals surface area contributed by atoms with Crippen LogP contribution in [0, 0.1) is 5.92 Å². The quantitative estimate of drug-likeness (QED) is 0.805. The number of nitrogens with one attached hydrogen (secondary N) is 1. The van der Waals surface area contributed by atoms with Crippen LogP contribution in [0.3, 0.4) is 0 Å². The molecule has 0 aliphatic heterocycles. The Morgan fingerprint density at radius 1 is 1.44 bits per heavy atom. The van der Waals surface area contributed by atoms with Crippen molar-refractivity contribution < 1.29 is 8.42 Å². The molecule has 0 saturated heterocycles. The molecule has 1 aliphatic carbocycles. The van der Waals surface area contributed by atoms with Crippen LogP contribution in [0.1, 0.15) is 12.8 Å². The van der Waals surface area contributed by atoms with Gasteiger partial charge in [-0.1, -0.05) is 27.5 Å². The lowest BCUT2D eigenvalue weighted by Gasteiger charge is -2.11. The van der Waals surface area contributed by atoms with Crippen molar-refractivity contribution in [2.24, 2.45) is 5.92 Å². The maximum atomic E-state index is 12.0. The van der Waals surface area contributed by atoms with Crippen LogP contribution in [-0.4, -0.2) is 20.3 Å². The number of alkyl halides is 1. The average Bonchev–Trinajstić information content (AvgIpc) is 3.09. The lowest BCUT2D eigenvalue weighted by Crippen LogP contribution is -2.30. The predicted octanol–water partition coefficient (Wildman–Crippen LogP) is 3.40. The number of hydrogen-bond acceptors (Lipinski definition) is 2. The highest BCUT2D eigenvalue weighted by Crippen LogP contribution is 2.35. The van der Waals surface area contributed by atoms with Crippen LogP contribution in [0.2, 0.25) is 5.02 Å². The minimum Gasteiger partial charge on any atom is -0.210 e. The molecule has 1 aromatic carbocycles. The Kier molecular flexibility index (Phi) is 4.60. The fourth-order valence-corrected chi connectivity index (χ4v) is 4.10. The molecule has 1 atom stereocenters. The maximum absolute atomic E-state index is 12.0. The molecule has 1 aliphatic rings. The van der Waals surface area contributed by atoms with Gasteiger partial charge in [0.1, 0.15) is 4.90 Å². The molecule has 1 aromatic rings. The molecular formula is C11H12BrCl2NO2S. The van der Waals surface area contributed by atoms with Crippen molar-refractivity contribution in [3.63, 3.8) is 0 Å². The fourth-order valence-electron chi connectivity index (χ4n) is 1.58. The molecule has 100 valence electrons. The lowest BCUT2D eigenvalue weighted by molar-refractivity contribution is 0.576.